The highest BCUT2D eigenvalue weighted by Gasteiger charge is 2.55. The van der Waals surface area contributed by atoms with E-state index in [1.807, 2.05) is 49.1 Å². The number of fused-ring (bicyclic) bond motifs is 1. The molecule has 4 unspecified atom stereocenters. The van der Waals surface area contributed by atoms with Gasteiger partial charge in [-0.3, -0.25) is 4.79 Å². The highest BCUT2D eigenvalue weighted by Crippen LogP contribution is 2.48. The van der Waals surface area contributed by atoms with E-state index in [1.54, 1.807) is 6.07 Å². The number of benzene rings is 2. The standard InChI is InChI=1S/C23H28BrN3O3/c1-14(2)30-12-6-11-27-22(15-7-5-8-16(24)13-15)19-20(25-26-21(19)23(27)29)17-9-3-4-10-18(17)28/h3-5,7-10,13-14,19-22,25-26,28H,6,11-12H2,1-2H3. The van der Waals surface area contributed by atoms with Gasteiger partial charge in [-0.15, -0.1) is 0 Å². The van der Waals surface area contributed by atoms with Crippen molar-refractivity contribution in [2.24, 2.45) is 5.92 Å². The molecule has 2 aliphatic rings. The molecule has 0 aromatic heterocycles. The molecule has 4 atom stereocenters. The first kappa shape index (κ1) is 21.3. The first-order valence-corrected chi connectivity index (χ1v) is 11.2. The molecule has 0 spiro atoms. The summed E-state index contributed by atoms with van der Waals surface area (Å²) in [4.78, 5) is 15.3. The Hall–Kier alpha value is -1.93. The number of likely N-dealkylation sites (tertiary alicyclic amines) is 1. The van der Waals surface area contributed by atoms with Gasteiger partial charge in [0, 0.05) is 29.1 Å². The number of hydrazine groups is 1. The number of aromatic hydroxyl groups is 1. The predicted octanol–water partition coefficient (Wildman–Crippen LogP) is 3.69. The fourth-order valence-corrected chi connectivity index (χ4v) is 5.03. The van der Waals surface area contributed by atoms with Crippen LogP contribution in [0.15, 0.2) is 53.0 Å². The molecular formula is C23H28BrN3O3. The van der Waals surface area contributed by atoms with Crippen molar-refractivity contribution in [1.82, 2.24) is 15.8 Å². The molecule has 2 saturated heterocycles. The number of carbonyl (C=O) groups is 1. The number of amides is 1. The van der Waals surface area contributed by atoms with E-state index in [2.05, 4.69) is 38.9 Å². The van der Waals surface area contributed by atoms with Crippen LogP contribution < -0.4 is 10.9 Å². The van der Waals surface area contributed by atoms with E-state index in [4.69, 9.17) is 4.74 Å². The topological polar surface area (TPSA) is 73.8 Å². The molecule has 2 aromatic rings. The summed E-state index contributed by atoms with van der Waals surface area (Å²) in [5, 5.41) is 10.5. The maximum absolute atomic E-state index is 13.4. The average Bonchev–Trinajstić information content (AvgIpc) is 3.25. The van der Waals surface area contributed by atoms with Gasteiger partial charge < -0.3 is 14.7 Å². The smallest absolute Gasteiger partial charge is 0.242 e. The molecule has 1 amide bonds. The summed E-state index contributed by atoms with van der Waals surface area (Å²) in [6.45, 7) is 5.28. The van der Waals surface area contributed by atoms with E-state index in [1.165, 1.54) is 0 Å². The SMILES string of the molecule is CC(C)OCCCN1C(=O)C2NNC(c3ccccc3O)C2C1c1cccc(Br)c1. The van der Waals surface area contributed by atoms with Crippen molar-refractivity contribution in [3.05, 3.63) is 64.1 Å². The van der Waals surface area contributed by atoms with Gasteiger partial charge in [-0.1, -0.05) is 46.3 Å². The van der Waals surface area contributed by atoms with Crippen LogP contribution in [-0.2, 0) is 9.53 Å². The fraction of sp³-hybridized carbons (Fsp3) is 0.435. The minimum absolute atomic E-state index is 0.0499. The zero-order valence-electron chi connectivity index (χ0n) is 17.2. The number of hydrogen-bond donors (Lipinski definition) is 3. The Kier molecular flexibility index (Phi) is 6.43. The quantitative estimate of drug-likeness (QED) is 0.534. The number of rotatable bonds is 7. The van der Waals surface area contributed by atoms with E-state index in [9.17, 15) is 9.90 Å². The van der Waals surface area contributed by atoms with Gasteiger partial charge in [0.25, 0.3) is 0 Å². The van der Waals surface area contributed by atoms with Gasteiger partial charge in [-0.25, -0.2) is 10.9 Å². The van der Waals surface area contributed by atoms with Crippen LogP contribution in [0, 0.1) is 5.92 Å². The van der Waals surface area contributed by atoms with Crippen molar-refractivity contribution in [2.75, 3.05) is 13.2 Å². The highest BCUT2D eigenvalue weighted by atomic mass is 79.9. The Labute approximate surface area is 185 Å². The van der Waals surface area contributed by atoms with E-state index < -0.39 is 0 Å². The zero-order valence-corrected chi connectivity index (χ0v) is 18.8. The number of halogens is 1. The Balaban J connectivity index is 1.66. The first-order chi connectivity index (χ1) is 14.5. The number of para-hydroxylation sites is 1. The summed E-state index contributed by atoms with van der Waals surface area (Å²) < 4.78 is 6.67. The molecule has 2 aliphatic heterocycles. The van der Waals surface area contributed by atoms with Crippen LogP contribution in [0.1, 0.15) is 43.5 Å². The third-order valence-corrected chi connectivity index (χ3v) is 6.36. The Morgan fingerprint density at radius 3 is 2.63 bits per heavy atom. The van der Waals surface area contributed by atoms with Crippen molar-refractivity contribution in [3.8, 4) is 5.75 Å². The molecule has 0 bridgehead atoms. The van der Waals surface area contributed by atoms with Gasteiger partial charge in [0.05, 0.1) is 18.2 Å². The molecule has 4 rings (SSSR count). The van der Waals surface area contributed by atoms with Crippen LogP contribution in [-0.4, -0.2) is 41.2 Å². The lowest BCUT2D eigenvalue weighted by Crippen LogP contribution is -2.41. The van der Waals surface area contributed by atoms with Gasteiger partial charge in [0.1, 0.15) is 11.8 Å². The minimum Gasteiger partial charge on any atom is -0.508 e. The monoisotopic (exact) mass is 473 g/mol. The predicted molar refractivity (Wildman–Crippen MR) is 119 cm³/mol. The van der Waals surface area contributed by atoms with E-state index in [0.29, 0.717) is 13.2 Å². The van der Waals surface area contributed by atoms with Crippen molar-refractivity contribution in [3.63, 3.8) is 0 Å². The van der Waals surface area contributed by atoms with Crippen molar-refractivity contribution < 1.29 is 14.6 Å². The van der Waals surface area contributed by atoms with Crippen LogP contribution in [0.5, 0.6) is 5.75 Å². The molecule has 3 N–H and O–H groups in total. The fourth-order valence-electron chi connectivity index (χ4n) is 4.61. The second-order valence-electron chi connectivity index (χ2n) is 8.18. The van der Waals surface area contributed by atoms with Crippen LogP contribution in [0.4, 0.5) is 0 Å². The summed E-state index contributed by atoms with van der Waals surface area (Å²) in [6.07, 6.45) is 0.957. The number of carbonyl (C=O) groups excluding carboxylic acids is 1. The molecule has 0 aliphatic carbocycles. The second kappa shape index (κ2) is 9.06. The average molecular weight is 474 g/mol. The summed E-state index contributed by atoms with van der Waals surface area (Å²) in [5.74, 6) is 0.271. The summed E-state index contributed by atoms with van der Waals surface area (Å²) in [5.41, 5.74) is 8.36. The number of phenolic OH excluding ortho intramolecular Hbond substituents is 1. The molecule has 2 heterocycles. The lowest BCUT2D eigenvalue weighted by atomic mass is 9.83. The number of nitrogens with one attached hydrogen (secondary N) is 2. The van der Waals surface area contributed by atoms with Gasteiger partial charge in [-0.2, -0.15) is 0 Å². The lowest BCUT2D eigenvalue weighted by molar-refractivity contribution is -0.131. The molecule has 160 valence electrons. The Morgan fingerprint density at radius 2 is 1.90 bits per heavy atom. The maximum atomic E-state index is 13.4. The third kappa shape index (κ3) is 4.12. The molecule has 0 radical (unpaired) electrons. The molecule has 30 heavy (non-hydrogen) atoms. The normalized spacial score (nSPS) is 25.9. The van der Waals surface area contributed by atoms with Gasteiger partial charge in [0.15, 0.2) is 0 Å². The lowest BCUT2D eigenvalue weighted by Gasteiger charge is -2.31. The van der Waals surface area contributed by atoms with Crippen molar-refractivity contribution in [1.29, 1.82) is 0 Å². The Morgan fingerprint density at radius 1 is 1.13 bits per heavy atom. The Bertz CT molecular complexity index is 907. The molecule has 0 saturated carbocycles. The number of hydrogen-bond acceptors (Lipinski definition) is 5. The van der Waals surface area contributed by atoms with Crippen LogP contribution in [0.2, 0.25) is 0 Å². The number of phenols is 1. The summed E-state index contributed by atoms with van der Waals surface area (Å²) in [7, 11) is 0. The molecular weight excluding hydrogens is 446 g/mol. The number of ether oxygens (including phenoxy) is 1. The van der Waals surface area contributed by atoms with Gasteiger partial charge in [-0.05, 0) is 44.0 Å². The zero-order chi connectivity index (χ0) is 21.3. The maximum Gasteiger partial charge on any atom is 0.242 e. The summed E-state index contributed by atoms with van der Waals surface area (Å²) in [6, 6.07) is 14.8. The third-order valence-electron chi connectivity index (χ3n) is 5.87. The highest BCUT2D eigenvalue weighted by molar-refractivity contribution is 9.10. The second-order valence-corrected chi connectivity index (χ2v) is 9.10. The number of nitrogens with zero attached hydrogens (tertiary/aromatic N) is 1. The van der Waals surface area contributed by atoms with Crippen LogP contribution >= 0.6 is 15.9 Å². The van der Waals surface area contributed by atoms with Crippen LogP contribution in [0.25, 0.3) is 0 Å². The minimum atomic E-state index is -0.343. The molecule has 2 fully saturated rings. The van der Waals surface area contributed by atoms with Gasteiger partial charge in [0.2, 0.25) is 5.91 Å². The molecule has 6 nitrogen and oxygen atoms in total. The summed E-state index contributed by atoms with van der Waals surface area (Å²) >= 11 is 3.57. The van der Waals surface area contributed by atoms with E-state index in [0.717, 1.165) is 22.0 Å². The van der Waals surface area contributed by atoms with Gasteiger partial charge >= 0.3 is 0 Å². The van der Waals surface area contributed by atoms with Crippen LogP contribution in [0.3, 0.4) is 0 Å². The van der Waals surface area contributed by atoms with E-state index in [-0.39, 0.29) is 41.8 Å². The van der Waals surface area contributed by atoms with Crippen molar-refractivity contribution >= 4 is 21.8 Å². The van der Waals surface area contributed by atoms with E-state index >= 15 is 0 Å². The first-order valence-electron chi connectivity index (χ1n) is 10.4. The molecule has 7 heteroatoms. The largest absolute Gasteiger partial charge is 0.508 e. The van der Waals surface area contributed by atoms with Crippen molar-refractivity contribution in [2.45, 2.75) is 44.5 Å². The molecule has 2 aromatic carbocycles.